The van der Waals surface area contributed by atoms with Crippen LogP contribution in [0.1, 0.15) is 50.3 Å². The summed E-state index contributed by atoms with van der Waals surface area (Å²) in [5, 5.41) is 2.94. The zero-order chi connectivity index (χ0) is 14.9. The minimum absolute atomic E-state index is 0.0487. The lowest BCUT2D eigenvalue weighted by Crippen LogP contribution is -2.26. The molecule has 2 N–H and O–H groups in total. The molecular formula is C17H21N3O2. The molecule has 22 heavy (non-hydrogen) atoms. The van der Waals surface area contributed by atoms with Gasteiger partial charge in [0, 0.05) is 18.2 Å². The Morgan fingerprint density at radius 1 is 1.23 bits per heavy atom. The number of rotatable bonds is 3. The Hall–Kier alpha value is -1.88. The van der Waals surface area contributed by atoms with Crippen LogP contribution in [-0.2, 0) is 9.53 Å². The molecule has 2 fully saturated rings. The van der Waals surface area contributed by atoms with Crippen LogP contribution < -0.4 is 5.32 Å². The van der Waals surface area contributed by atoms with Gasteiger partial charge < -0.3 is 15.0 Å². The molecule has 1 unspecified atom stereocenters. The Labute approximate surface area is 129 Å². The summed E-state index contributed by atoms with van der Waals surface area (Å²) in [4.78, 5) is 20.2. The summed E-state index contributed by atoms with van der Waals surface area (Å²) < 4.78 is 5.41. The quantitative estimate of drug-likeness (QED) is 0.913. The van der Waals surface area contributed by atoms with Crippen LogP contribution in [0.3, 0.4) is 0 Å². The highest BCUT2D eigenvalue weighted by Gasteiger charge is 2.24. The number of hydrogen-bond acceptors (Lipinski definition) is 3. The molecule has 1 saturated carbocycles. The van der Waals surface area contributed by atoms with Crippen molar-refractivity contribution in [1.29, 1.82) is 0 Å². The van der Waals surface area contributed by atoms with Crippen LogP contribution in [-0.4, -0.2) is 28.6 Å². The van der Waals surface area contributed by atoms with Crippen LogP contribution in [0, 0.1) is 0 Å². The largest absolute Gasteiger partial charge is 0.368 e. The number of imidazole rings is 1. The number of fused-ring (bicyclic) bond motifs is 1. The van der Waals surface area contributed by atoms with Crippen molar-refractivity contribution < 1.29 is 9.53 Å². The number of carbonyl (C=O) groups excluding carboxylic acids is 1. The van der Waals surface area contributed by atoms with Gasteiger partial charge in [-0.05, 0) is 43.9 Å². The third-order valence-corrected chi connectivity index (χ3v) is 4.73. The van der Waals surface area contributed by atoms with Crippen LogP contribution in [0.5, 0.6) is 0 Å². The molecule has 1 aromatic heterocycles. The molecule has 1 amide bonds. The van der Waals surface area contributed by atoms with Crippen molar-refractivity contribution in [1.82, 2.24) is 9.97 Å². The molecule has 2 heterocycles. The van der Waals surface area contributed by atoms with Gasteiger partial charge in [0.2, 0.25) is 0 Å². The zero-order valence-electron chi connectivity index (χ0n) is 12.6. The maximum atomic E-state index is 12.1. The van der Waals surface area contributed by atoms with E-state index in [-0.39, 0.29) is 12.0 Å². The number of H-pyrrole nitrogens is 1. The van der Waals surface area contributed by atoms with E-state index in [0.717, 1.165) is 35.4 Å². The van der Waals surface area contributed by atoms with E-state index in [1.54, 1.807) is 0 Å². The van der Waals surface area contributed by atoms with E-state index in [2.05, 4.69) is 10.3 Å². The van der Waals surface area contributed by atoms with Crippen LogP contribution >= 0.6 is 0 Å². The van der Waals surface area contributed by atoms with E-state index < -0.39 is 0 Å². The van der Waals surface area contributed by atoms with Crippen molar-refractivity contribution in [3.8, 4) is 0 Å². The number of aromatic nitrogens is 2. The molecule has 1 aliphatic carbocycles. The van der Waals surface area contributed by atoms with E-state index >= 15 is 0 Å². The first kappa shape index (κ1) is 13.8. The molecular weight excluding hydrogens is 278 g/mol. The lowest BCUT2D eigenvalue weighted by Gasteiger charge is -2.10. The summed E-state index contributed by atoms with van der Waals surface area (Å²) in [6.45, 7) is 0.683. The van der Waals surface area contributed by atoms with E-state index in [9.17, 15) is 4.79 Å². The summed E-state index contributed by atoms with van der Waals surface area (Å²) in [7, 11) is 0. The van der Waals surface area contributed by atoms with Gasteiger partial charge >= 0.3 is 0 Å². The van der Waals surface area contributed by atoms with Crippen molar-refractivity contribution in [2.24, 2.45) is 0 Å². The van der Waals surface area contributed by atoms with Gasteiger partial charge in [0.15, 0.2) is 0 Å². The summed E-state index contributed by atoms with van der Waals surface area (Å²) in [6.07, 6.45) is 6.51. The second-order valence-electron chi connectivity index (χ2n) is 6.33. The third-order valence-electron chi connectivity index (χ3n) is 4.73. The highest BCUT2D eigenvalue weighted by Crippen LogP contribution is 2.33. The number of carbonyl (C=O) groups is 1. The Morgan fingerprint density at radius 2 is 2.09 bits per heavy atom. The van der Waals surface area contributed by atoms with Crippen LogP contribution in [0.25, 0.3) is 11.0 Å². The number of benzene rings is 1. The molecule has 1 aromatic carbocycles. The van der Waals surface area contributed by atoms with Gasteiger partial charge in [0.1, 0.15) is 11.9 Å². The predicted molar refractivity (Wildman–Crippen MR) is 84.9 cm³/mol. The van der Waals surface area contributed by atoms with Gasteiger partial charge in [-0.15, -0.1) is 0 Å². The first-order valence-corrected chi connectivity index (χ1v) is 8.22. The average molecular weight is 299 g/mol. The number of ether oxygens (including phenoxy) is 1. The second-order valence-corrected chi connectivity index (χ2v) is 6.33. The van der Waals surface area contributed by atoms with Gasteiger partial charge in [0.25, 0.3) is 5.91 Å². The maximum Gasteiger partial charge on any atom is 0.253 e. The number of nitrogens with one attached hydrogen (secondary N) is 2. The highest BCUT2D eigenvalue weighted by atomic mass is 16.5. The number of hydrogen-bond donors (Lipinski definition) is 2. The van der Waals surface area contributed by atoms with E-state index in [1.165, 1.54) is 25.7 Å². The average Bonchev–Trinajstić information content (AvgIpc) is 3.26. The Morgan fingerprint density at radius 3 is 2.86 bits per heavy atom. The summed E-state index contributed by atoms with van der Waals surface area (Å²) >= 11 is 0. The SMILES string of the molecule is O=C(Nc1ccc2nc(C3CCCC3)[nH]c2c1)C1CCCO1. The van der Waals surface area contributed by atoms with E-state index in [0.29, 0.717) is 12.5 Å². The maximum absolute atomic E-state index is 12.1. The van der Waals surface area contributed by atoms with Crippen molar-refractivity contribution in [3.63, 3.8) is 0 Å². The summed E-state index contributed by atoms with van der Waals surface area (Å²) in [6, 6.07) is 5.84. The third kappa shape index (κ3) is 2.61. The Kier molecular flexibility index (Phi) is 3.58. The molecule has 0 spiro atoms. The highest BCUT2D eigenvalue weighted by molar-refractivity contribution is 5.96. The molecule has 1 atom stereocenters. The van der Waals surface area contributed by atoms with Crippen molar-refractivity contribution in [2.75, 3.05) is 11.9 Å². The molecule has 5 nitrogen and oxygen atoms in total. The molecule has 1 saturated heterocycles. The molecule has 5 heteroatoms. The van der Waals surface area contributed by atoms with Crippen molar-refractivity contribution in [3.05, 3.63) is 24.0 Å². The van der Waals surface area contributed by atoms with Gasteiger partial charge in [-0.2, -0.15) is 0 Å². The zero-order valence-corrected chi connectivity index (χ0v) is 12.6. The number of nitrogens with zero attached hydrogens (tertiary/aromatic N) is 1. The normalized spacial score (nSPS) is 22.5. The molecule has 1 aliphatic heterocycles. The van der Waals surface area contributed by atoms with Crippen molar-refractivity contribution in [2.45, 2.75) is 50.5 Å². The number of aromatic amines is 1. The van der Waals surface area contributed by atoms with Crippen LogP contribution in [0.4, 0.5) is 5.69 Å². The smallest absolute Gasteiger partial charge is 0.253 e. The fraction of sp³-hybridized carbons (Fsp3) is 0.529. The van der Waals surface area contributed by atoms with Crippen LogP contribution in [0.15, 0.2) is 18.2 Å². The number of anilines is 1. The topological polar surface area (TPSA) is 67.0 Å². The Balaban J connectivity index is 1.53. The van der Waals surface area contributed by atoms with Gasteiger partial charge in [-0.25, -0.2) is 4.98 Å². The van der Waals surface area contributed by atoms with Gasteiger partial charge in [-0.3, -0.25) is 4.79 Å². The number of amides is 1. The standard InChI is InChI=1S/C17H21N3O2/c21-17(15-6-3-9-22-15)18-12-7-8-13-14(10-12)20-16(19-13)11-4-1-2-5-11/h7-8,10-11,15H,1-6,9H2,(H,18,21)(H,19,20). The lowest BCUT2D eigenvalue weighted by atomic mass is 10.1. The monoisotopic (exact) mass is 299 g/mol. The van der Waals surface area contributed by atoms with E-state index in [1.807, 2.05) is 18.2 Å². The summed E-state index contributed by atoms with van der Waals surface area (Å²) in [5.74, 6) is 1.61. The fourth-order valence-electron chi connectivity index (χ4n) is 3.51. The van der Waals surface area contributed by atoms with Gasteiger partial charge in [0.05, 0.1) is 11.0 Å². The molecule has 0 radical (unpaired) electrons. The molecule has 2 aromatic rings. The molecule has 116 valence electrons. The predicted octanol–water partition coefficient (Wildman–Crippen LogP) is 3.34. The first-order chi connectivity index (χ1) is 10.8. The second kappa shape index (κ2) is 5.72. The molecule has 0 bridgehead atoms. The fourth-order valence-corrected chi connectivity index (χ4v) is 3.51. The lowest BCUT2D eigenvalue weighted by molar-refractivity contribution is -0.124. The minimum atomic E-state index is -0.300. The summed E-state index contributed by atoms with van der Waals surface area (Å²) in [5.41, 5.74) is 2.76. The van der Waals surface area contributed by atoms with Crippen LogP contribution in [0.2, 0.25) is 0 Å². The van der Waals surface area contributed by atoms with E-state index in [4.69, 9.17) is 9.72 Å². The van der Waals surface area contributed by atoms with Gasteiger partial charge in [-0.1, -0.05) is 12.8 Å². The molecule has 4 rings (SSSR count). The van der Waals surface area contributed by atoms with Crippen molar-refractivity contribution >= 4 is 22.6 Å². The molecule has 2 aliphatic rings. The first-order valence-electron chi connectivity index (χ1n) is 8.22. The Bertz CT molecular complexity index is 682. The minimum Gasteiger partial charge on any atom is -0.368 e.